The van der Waals surface area contributed by atoms with E-state index in [1.165, 1.54) is 22.2 Å². The standard InChI is InChI=1S/C27H27N3O6S/c1-4-5-11-36-27(33)18-7-6-8-19(12-18)29-23(31)14-30-16-28-25-24(26(30)32)20(15-37-25)17-9-10-21(34-2)22(13-17)35-3/h6-10,12-13,15-16H,4-5,11,14H2,1-3H3,(H,29,31). The Hall–Kier alpha value is -4.18. The lowest BCUT2D eigenvalue weighted by Gasteiger charge is -2.10. The normalized spacial score (nSPS) is 10.8. The van der Waals surface area contributed by atoms with Crippen molar-refractivity contribution >= 4 is 39.1 Å². The Morgan fingerprint density at radius 1 is 1.08 bits per heavy atom. The van der Waals surface area contributed by atoms with Crippen LogP contribution in [-0.2, 0) is 16.1 Å². The van der Waals surface area contributed by atoms with Crippen LogP contribution >= 0.6 is 11.3 Å². The molecule has 9 nitrogen and oxygen atoms in total. The fourth-order valence-electron chi connectivity index (χ4n) is 3.77. The molecule has 192 valence electrons. The molecular formula is C27H27N3O6S. The second-order valence-corrected chi connectivity index (χ2v) is 9.05. The van der Waals surface area contributed by atoms with Crippen molar-refractivity contribution in [2.75, 3.05) is 26.1 Å². The van der Waals surface area contributed by atoms with Gasteiger partial charge in [-0.2, -0.15) is 0 Å². The lowest BCUT2D eigenvalue weighted by molar-refractivity contribution is -0.116. The molecular weight excluding hydrogens is 494 g/mol. The number of amides is 1. The Labute approximate surface area is 217 Å². The summed E-state index contributed by atoms with van der Waals surface area (Å²) in [6.45, 7) is 2.12. The van der Waals surface area contributed by atoms with Crippen LogP contribution in [0.15, 0.2) is 59.0 Å². The molecule has 0 aliphatic carbocycles. The van der Waals surface area contributed by atoms with Crippen molar-refractivity contribution in [2.24, 2.45) is 0 Å². The molecule has 0 saturated carbocycles. The Morgan fingerprint density at radius 2 is 1.89 bits per heavy atom. The highest BCUT2D eigenvalue weighted by Gasteiger charge is 2.17. The van der Waals surface area contributed by atoms with Gasteiger partial charge in [-0.3, -0.25) is 14.2 Å². The van der Waals surface area contributed by atoms with Gasteiger partial charge in [0, 0.05) is 16.6 Å². The average Bonchev–Trinajstić information content (AvgIpc) is 3.35. The van der Waals surface area contributed by atoms with Crippen molar-refractivity contribution in [1.29, 1.82) is 0 Å². The third-order valence-electron chi connectivity index (χ3n) is 5.68. The number of rotatable bonds is 10. The van der Waals surface area contributed by atoms with Gasteiger partial charge >= 0.3 is 5.97 Å². The molecule has 0 radical (unpaired) electrons. The maximum Gasteiger partial charge on any atom is 0.338 e. The van der Waals surface area contributed by atoms with Crippen LogP contribution in [0.2, 0.25) is 0 Å². The van der Waals surface area contributed by atoms with Crippen molar-refractivity contribution in [3.05, 3.63) is 70.1 Å². The van der Waals surface area contributed by atoms with Crippen LogP contribution in [0.4, 0.5) is 5.69 Å². The average molecular weight is 522 g/mol. The molecule has 2 heterocycles. The van der Waals surface area contributed by atoms with Gasteiger partial charge in [0.15, 0.2) is 11.5 Å². The van der Waals surface area contributed by atoms with E-state index in [0.29, 0.717) is 45.1 Å². The molecule has 0 aliphatic rings. The van der Waals surface area contributed by atoms with E-state index in [2.05, 4.69) is 10.3 Å². The van der Waals surface area contributed by atoms with Gasteiger partial charge in [0.2, 0.25) is 5.91 Å². The number of anilines is 1. The van der Waals surface area contributed by atoms with Gasteiger partial charge in [0.25, 0.3) is 5.56 Å². The summed E-state index contributed by atoms with van der Waals surface area (Å²) in [5.41, 5.74) is 1.90. The molecule has 0 atom stereocenters. The summed E-state index contributed by atoms with van der Waals surface area (Å²) in [7, 11) is 3.10. The summed E-state index contributed by atoms with van der Waals surface area (Å²) < 4.78 is 17.2. The molecule has 4 rings (SSSR count). The van der Waals surface area contributed by atoms with Crippen LogP contribution in [0.25, 0.3) is 21.3 Å². The van der Waals surface area contributed by atoms with Gasteiger partial charge in [-0.15, -0.1) is 11.3 Å². The Balaban J connectivity index is 1.55. The molecule has 0 bridgehead atoms. The first-order valence-corrected chi connectivity index (χ1v) is 12.6. The van der Waals surface area contributed by atoms with Crippen LogP contribution < -0.4 is 20.3 Å². The molecule has 4 aromatic rings. The van der Waals surface area contributed by atoms with Crippen LogP contribution in [0.1, 0.15) is 30.1 Å². The Bertz CT molecular complexity index is 1490. The van der Waals surface area contributed by atoms with E-state index in [0.717, 1.165) is 18.4 Å². The lowest BCUT2D eigenvalue weighted by atomic mass is 10.1. The number of unbranched alkanes of at least 4 members (excludes halogenated alkanes) is 1. The minimum absolute atomic E-state index is 0.242. The highest BCUT2D eigenvalue weighted by atomic mass is 32.1. The zero-order chi connectivity index (χ0) is 26.4. The van der Waals surface area contributed by atoms with Crippen molar-refractivity contribution < 1.29 is 23.8 Å². The summed E-state index contributed by atoms with van der Waals surface area (Å²) in [5.74, 6) is 0.244. The molecule has 1 N–H and O–H groups in total. The number of thiophene rings is 1. The molecule has 10 heteroatoms. The van der Waals surface area contributed by atoms with E-state index in [-0.39, 0.29) is 12.1 Å². The summed E-state index contributed by atoms with van der Waals surface area (Å²) in [6.07, 6.45) is 3.07. The quantitative estimate of drug-likeness (QED) is 0.237. The number of fused-ring (bicyclic) bond motifs is 1. The minimum atomic E-state index is -0.449. The molecule has 2 aromatic heterocycles. The maximum absolute atomic E-state index is 13.4. The van der Waals surface area contributed by atoms with Gasteiger partial charge < -0.3 is 19.5 Å². The Kier molecular flexibility index (Phi) is 8.19. The van der Waals surface area contributed by atoms with E-state index in [1.54, 1.807) is 50.6 Å². The van der Waals surface area contributed by atoms with Crippen molar-refractivity contribution in [3.8, 4) is 22.6 Å². The highest BCUT2D eigenvalue weighted by Crippen LogP contribution is 2.36. The van der Waals surface area contributed by atoms with Crippen molar-refractivity contribution in [1.82, 2.24) is 9.55 Å². The zero-order valence-corrected chi connectivity index (χ0v) is 21.6. The van der Waals surface area contributed by atoms with Gasteiger partial charge in [0.05, 0.1) is 38.1 Å². The molecule has 0 saturated heterocycles. The number of ether oxygens (including phenoxy) is 3. The number of methoxy groups -OCH3 is 2. The molecule has 0 spiro atoms. The summed E-state index contributed by atoms with van der Waals surface area (Å²) >= 11 is 1.35. The molecule has 0 aliphatic heterocycles. The van der Waals surface area contributed by atoms with E-state index in [9.17, 15) is 14.4 Å². The van der Waals surface area contributed by atoms with Crippen LogP contribution in [0.3, 0.4) is 0 Å². The summed E-state index contributed by atoms with van der Waals surface area (Å²) in [4.78, 5) is 43.3. The lowest BCUT2D eigenvalue weighted by Crippen LogP contribution is -2.27. The fourth-order valence-corrected chi connectivity index (χ4v) is 4.67. The second kappa shape index (κ2) is 11.7. The third-order valence-corrected chi connectivity index (χ3v) is 6.57. The Morgan fingerprint density at radius 3 is 2.65 bits per heavy atom. The number of carbonyl (C=O) groups excluding carboxylic acids is 2. The summed E-state index contributed by atoms with van der Waals surface area (Å²) in [5, 5.41) is 5.01. The minimum Gasteiger partial charge on any atom is -0.493 e. The molecule has 1 amide bonds. The van der Waals surface area contributed by atoms with Crippen molar-refractivity contribution in [2.45, 2.75) is 26.3 Å². The predicted octanol–water partition coefficient (Wildman–Crippen LogP) is 4.74. The number of hydrogen-bond donors (Lipinski definition) is 1. The maximum atomic E-state index is 13.4. The second-order valence-electron chi connectivity index (χ2n) is 8.20. The third kappa shape index (κ3) is 5.80. The van der Waals surface area contributed by atoms with Crippen LogP contribution in [-0.4, -0.2) is 42.3 Å². The van der Waals surface area contributed by atoms with E-state index in [4.69, 9.17) is 14.2 Å². The first-order valence-electron chi connectivity index (χ1n) is 11.7. The number of carbonyl (C=O) groups is 2. The number of nitrogens with one attached hydrogen (secondary N) is 1. The van der Waals surface area contributed by atoms with Gasteiger partial charge in [-0.1, -0.05) is 25.5 Å². The van der Waals surface area contributed by atoms with Gasteiger partial charge in [-0.05, 0) is 42.3 Å². The van der Waals surface area contributed by atoms with Gasteiger partial charge in [0.1, 0.15) is 11.4 Å². The number of nitrogens with zero attached hydrogens (tertiary/aromatic N) is 2. The van der Waals surface area contributed by atoms with Crippen LogP contribution in [0, 0.1) is 0 Å². The van der Waals surface area contributed by atoms with Gasteiger partial charge in [-0.25, -0.2) is 9.78 Å². The molecule has 2 aromatic carbocycles. The zero-order valence-electron chi connectivity index (χ0n) is 20.8. The molecule has 37 heavy (non-hydrogen) atoms. The number of aromatic nitrogens is 2. The number of esters is 1. The van der Waals surface area contributed by atoms with E-state index < -0.39 is 11.9 Å². The molecule has 0 fully saturated rings. The topological polar surface area (TPSA) is 109 Å². The van der Waals surface area contributed by atoms with Crippen molar-refractivity contribution in [3.63, 3.8) is 0 Å². The SMILES string of the molecule is CCCCOC(=O)c1cccc(NC(=O)Cn2cnc3scc(-c4ccc(OC)c(OC)c4)c3c2=O)c1. The van der Waals surface area contributed by atoms with Crippen LogP contribution in [0.5, 0.6) is 11.5 Å². The highest BCUT2D eigenvalue weighted by molar-refractivity contribution is 7.17. The monoisotopic (exact) mass is 521 g/mol. The first kappa shape index (κ1) is 25.9. The smallest absolute Gasteiger partial charge is 0.338 e. The summed E-state index contributed by atoms with van der Waals surface area (Å²) in [6, 6.07) is 11.9. The largest absolute Gasteiger partial charge is 0.493 e. The predicted molar refractivity (Wildman–Crippen MR) is 143 cm³/mol. The van der Waals surface area contributed by atoms with E-state index in [1.807, 2.05) is 18.4 Å². The van der Waals surface area contributed by atoms with E-state index >= 15 is 0 Å². The first-order chi connectivity index (χ1) is 17.9. The molecule has 0 unspecified atom stereocenters. The number of hydrogen-bond acceptors (Lipinski definition) is 8. The fraction of sp³-hybridized carbons (Fsp3) is 0.259. The number of benzene rings is 2.